The van der Waals surface area contributed by atoms with Crippen molar-refractivity contribution in [2.45, 2.75) is 13.3 Å². The van der Waals surface area contributed by atoms with E-state index in [0.717, 1.165) is 5.69 Å². The summed E-state index contributed by atoms with van der Waals surface area (Å²) in [7, 11) is 0. The monoisotopic (exact) mass is 285 g/mol. The highest BCUT2D eigenvalue weighted by Gasteiger charge is 2.17. The van der Waals surface area contributed by atoms with Gasteiger partial charge in [0.2, 0.25) is 0 Å². The van der Waals surface area contributed by atoms with Gasteiger partial charge in [-0.25, -0.2) is 0 Å². The van der Waals surface area contributed by atoms with Crippen LogP contribution in [0.2, 0.25) is 5.02 Å². The largest absolute Gasteiger partial charge is 0.481 e. The van der Waals surface area contributed by atoms with E-state index in [9.17, 15) is 9.59 Å². The zero-order valence-electron chi connectivity index (χ0n) is 10.5. The summed E-state index contributed by atoms with van der Waals surface area (Å²) in [6.07, 6.45) is -0.0567. The third kappa shape index (κ3) is 5.18. The summed E-state index contributed by atoms with van der Waals surface area (Å²) in [5.74, 6) is -2.43. The molecule has 0 spiro atoms. The topological polar surface area (TPSA) is 77.8 Å². The van der Waals surface area contributed by atoms with Gasteiger partial charge in [0.05, 0.1) is 12.3 Å². The second-order valence-electron chi connectivity index (χ2n) is 4.31. The van der Waals surface area contributed by atoms with Gasteiger partial charge in [-0.3, -0.25) is 9.59 Å². The Balaban J connectivity index is 2.85. The average Bonchev–Trinajstić information content (AvgIpc) is 2.33. The van der Waals surface area contributed by atoms with Crippen LogP contribution in [0.15, 0.2) is 24.3 Å². The fraction of sp³-hybridized carbons (Fsp3) is 0.385. The minimum Gasteiger partial charge on any atom is -0.481 e. The number of nitrogens with zero attached hydrogens (tertiary/aromatic N) is 1. The summed E-state index contributed by atoms with van der Waals surface area (Å²) < 4.78 is 0. The van der Waals surface area contributed by atoms with E-state index in [2.05, 4.69) is 0 Å². The number of halogens is 1. The van der Waals surface area contributed by atoms with Gasteiger partial charge in [0.1, 0.15) is 0 Å². The summed E-state index contributed by atoms with van der Waals surface area (Å²) in [5.41, 5.74) is 0.724. The molecule has 2 N–H and O–H groups in total. The fourth-order valence-corrected chi connectivity index (χ4v) is 1.82. The maximum atomic E-state index is 10.9. The summed E-state index contributed by atoms with van der Waals surface area (Å²) in [6.45, 7) is 2.07. The standard InChI is InChI=1S/C13H16ClNO4/c1-9(13(18)19)8-15(6-5-12(16)17)11-4-2-3-10(14)7-11/h2-4,7,9H,5-6,8H2,1H3,(H,16,17)(H,18,19). The number of carboxylic acid groups (broad SMARTS) is 2. The van der Waals surface area contributed by atoms with Crippen LogP contribution in [-0.4, -0.2) is 35.2 Å². The van der Waals surface area contributed by atoms with Gasteiger partial charge in [0.25, 0.3) is 0 Å². The predicted octanol–water partition coefficient (Wildman–Crippen LogP) is 2.34. The molecule has 1 rings (SSSR count). The number of benzene rings is 1. The van der Waals surface area contributed by atoms with E-state index in [0.29, 0.717) is 5.02 Å². The average molecular weight is 286 g/mol. The Bertz CT molecular complexity index is 464. The van der Waals surface area contributed by atoms with Crippen LogP contribution < -0.4 is 4.90 Å². The molecule has 1 atom stereocenters. The SMILES string of the molecule is CC(CN(CCC(=O)O)c1cccc(Cl)c1)C(=O)O. The smallest absolute Gasteiger partial charge is 0.308 e. The van der Waals surface area contributed by atoms with Crippen LogP contribution in [0.5, 0.6) is 0 Å². The van der Waals surface area contributed by atoms with E-state index in [1.807, 2.05) is 0 Å². The molecule has 0 aliphatic heterocycles. The number of anilines is 1. The molecule has 0 aromatic heterocycles. The summed E-state index contributed by atoms with van der Waals surface area (Å²) >= 11 is 5.89. The first kappa shape index (κ1) is 15.3. The molecule has 0 heterocycles. The van der Waals surface area contributed by atoms with Gasteiger partial charge in [-0.2, -0.15) is 0 Å². The van der Waals surface area contributed by atoms with Crippen LogP contribution in [0, 0.1) is 5.92 Å². The molecule has 1 aromatic carbocycles. The van der Waals surface area contributed by atoms with Gasteiger partial charge in [-0.1, -0.05) is 24.6 Å². The third-order valence-electron chi connectivity index (χ3n) is 2.68. The molecule has 0 radical (unpaired) electrons. The molecule has 6 heteroatoms. The quantitative estimate of drug-likeness (QED) is 0.804. The van der Waals surface area contributed by atoms with Crippen LogP contribution in [0.3, 0.4) is 0 Å². The molecule has 0 saturated carbocycles. The highest BCUT2D eigenvalue weighted by Crippen LogP contribution is 2.21. The molecule has 0 fully saturated rings. The third-order valence-corrected chi connectivity index (χ3v) is 2.92. The Morgan fingerprint density at radius 2 is 2.05 bits per heavy atom. The molecule has 0 saturated heterocycles. The molecule has 1 unspecified atom stereocenters. The Hall–Kier alpha value is -1.75. The summed E-state index contributed by atoms with van der Waals surface area (Å²) in [6, 6.07) is 6.93. The molecule has 19 heavy (non-hydrogen) atoms. The Morgan fingerprint density at radius 1 is 1.37 bits per heavy atom. The zero-order chi connectivity index (χ0) is 14.4. The number of aliphatic carboxylic acids is 2. The summed E-state index contributed by atoms with van der Waals surface area (Å²) in [4.78, 5) is 23.3. The van der Waals surface area contributed by atoms with Crippen LogP contribution in [0.25, 0.3) is 0 Å². The number of carbonyl (C=O) groups is 2. The molecule has 0 aliphatic rings. The first-order valence-corrected chi connectivity index (χ1v) is 6.23. The minimum absolute atomic E-state index is 0.0567. The van der Waals surface area contributed by atoms with E-state index in [-0.39, 0.29) is 19.5 Å². The Labute approximate surface area is 116 Å². The molecule has 0 bridgehead atoms. The number of carboxylic acids is 2. The first-order chi connectivity index (χ1) is 8.90. The summed E-state index contributed by atoms with van der Waals surface area (Å²) in [5, 5.41) is 18.2. The fourth-order valence-electron chi connectivity index (χ4n) is 1.64. The van der Waals surface area contributed by atoms with Crippen molar-refractivity contribution in [3.63, 3.8) is 0 Å². The van der Waals surface area contributed by atoms with Crippen molar-refractivity contribution in [1.29, 1.82) is 0 Å². The van der Waals surface area contributed by atoms with E-state index in [1.54, 1.807) is 36.1 Å². The van der Waals surface area contributed by atoms with Crippen molar-refractivity contribution in [3.8, 4) is 0 Å². The van der Waals surface area contributed by atoms with E-state index in [4.69, 9.17) is 21.8 Å². The lowest BCUT2D eigenvalue weighted by molar-refractivity contribution is -0.140. The minimum atomic E-state index is -0.921. The molecule has 1 aromatic rings. The van der Waals surface area contributed by atoms with Gasteiger partial charge < -0.3 is 15.1 Å². The van der Waals surface area contributed by atoms with Crippen molar-refractivity contribution in [3.05, 3.63) is 29.3 Å². The Morgan fingerprint density at radius 3 is 2.58 bits per heavy atom. The number of rotatable bonds is 7. The van der Waals surface area contributed by atoms with Gasteiger partial charge in [0, 0.05) is 23.8 Å². The van der Waals surface area contributed by atoms with Crippen molar-refractivity contribution >= 4 is 29.2 Å². The lowest BCUT2D eigenvalue weighted by Crippen LogP contribution is -2.33. The van der Waals surface area contributed by atoms with Crippen LogP contribution in [0.4, 0.5) is 5.69 Å². The second kappa shape index (κ2) is 6.99. The van der Waals surface area contributed by atoms with Crippen LogP contribution in [-0.2, 0) is 9.59 Å². The number of hydrogen-bond acceptors (Lipinski definition) is 3. The highest BCUT2D eigenvalue weighted by molar-refractivity contribution is 6.30. The second-order valence-corrected chi connectivity index (χ2v) is 4.75. The van der Waals surface area contributed by atoms with Crippen molar-refractivity contribution < 1.29 is 19.8 Å². The maximum Gasteiger partial charge on any atom is 0.308 e. The van der Waals surface area contributed by atoms with Crippen molar-refractivity contribution in [2.24, 2.45) is 5.92 Å². The van der Waals surface area contributed by atoms with Crippen LogP contribution >= 0.6 is 11.6 Å². The lowest BCUT2D eigenvalue weighted by Gasteiger charge is -2.26. The molecule has 0 amide bonds. The van der Waals surface area contributed by atoms with Gasteiger partial charge in [-0.15, -0.1) is 0 Å². The van der Waals surface area contributed by atoms with E-state index < -0.39 is 17.9 Å². The van der Waals surface area contributed by atoms with E-state index >= 15 is 0 Å². The number of hydrogen-bond donors (Lipinski definition) is 2. The normalized spacial score (nSPS) is 11.9. The molecule has 5 nitrogen and oxygen atoms in total. The Kier molecular flexibility index (Phi) is 5.63. The zero-order valence-corrected chi connectivity index (χ0v) is 11.3. The maximum absolute atomic E-state index is 10.9. The first-order valence-electron chi connectivity index (χ1n) is 5.85. The van der Waals surface area contributed by atoms with Crippen LogP contribution in [0.1, 0.15) is 13.3 Å². The van der Waals surface area contributed by atoms with Gasteiger partial charge in [0.15, 0.2) is 0 Å². The highest BCUT2D eigenvalue weighted by atomic mass is 35.5. The van der Waals surface area contributed by atoms with E-state index in [1.165, 1.54) is 0 Å². The molecular weight excluding hydrogens is 270 g/mol. The molecule has 104 valence electrons. The van der Waals surface area contributed by atoms with Crippen molar-refractivity contribution in [1.82, 2.24) is 0 Å². The van der Waals surface area contributed by atoms with Crippen molar-refractivity contribution in [2.75, 3.05) is 18.0 Å². The van der Waals surface area contributed by atoms with Gasteiger partial charge >= 0.3 is 11.9 Å². The predicted molar refractivity (Wildman–Crippen MR) is 72.7 cm³/mol. The van der Waals surface area contributed by atoms with Gasteiger partial charge in [-0.05, 0) is 18.2 Å². The molecular formula is C13H16ClNO4. The molecule has 0 aliphatic carbocycles. The lowest BCUT2D eigenvalue weighted by atomic mass is 10.1.